The van der Waals surface area contributed by atoms with Crippen molar-refractivity contribution in [3.8, 4) is 0 Å². The molecule has 0 aliphatic rings. The summed E-state index contributed by atoms with van der Waals surface area (Å²) in [6.45, 7) is 7.53. The molecular weight excluding hydrogens is 236 g/mol. The molecule has 2 aromatic rings. The van der Waals surface area contributed by atoms with Crippen LogP contribution in [0.15, 0.2) is 18.5 Å². The summed E-state index contributed by atoms with van der Waals surface area (Å²) in [5.74, 6) is 1.38. The molecule has 0 atom stereocenters. The van der Waals surface area contributed by atoms with Crippen molar-refractivity contribution in [2.45, 2.75) is 52.4 Å². The van der Waals surface area contributed by atoms with Crippen LogP contribution in [0.4, 0.5) is 5.82 Å². The highest BCUT2D eigenvalue weighted by molar-refractivity contribution is 5.67. The van der Waals surface area contributed by atoms with Crippen molar-refractivity contribution in [2.75, 3.05) is 11.9 Å². The number of nitrogens with one attached hydrogen (secondary N) is 1. The Morgan fingerprint density at radius 1 is 1.26 bits per heavy atom. The molecule has 2 rings (SSSR count). The average Bonchev–Trinajstić information content (AvgIpc) is 2.83. The predicted molar refractivity (Wildman–Crippen MR) is 79.7 cm³/mol. The van der Waals surface area contributed by atoms with Gasteiger partial charge in [0.15, 0.2) is 5.82 Å². The Bertz CT molecular complexity index is 516. The van der Waals surface area contributed by atoms with E-state index in [-0.39, 0.29) is 0 Å². The highest BCUT2D eigenvalue weighted by Gasteiger charge is 2.09. The normalized spacial score (nSPS) is 11.4. The molecule has 1 N–H and O–H groups in total. The number of fused-ring (bicyclic) bond motifs is 1. The van der Waals surface area contributed by atoms with Gasteiger partial charge in [-0.1, -0.05) is 40.0 Å². The Labute approximate surface area is 115 Å². The molecule has 0 amide bonds. The Hall–Kier alpha value is -1.58. The van der Waals surface area contributed by atoms with Crippen LogP contribution in [0.2, 0.25) is 0 Å². The molecule has 104 valence electrons. The summed E-state index contributed by atoms with van der Waals surface area (Å²) in [7, 11) is 0. The van der Waals surface area contributed by atoms with Crippen LogP contribution in [-0.4, -0.2) is 21.1 Å². The minimum Gasteiger partial charge on any atom is -0.368 e. The molecule has 0 spiro atoms. The molecule has 0 aromatic carbocycles. The molecular formula is C15H24N4. The Kier molecular flexibility index (Phi) is 4.77. The van der Waals surface area contributed by atoms with Crippen LogP contribution < -0.4 is 5.32 Å². The first-order valence-electron chi connectivity index (χ1n) is 7.30. The molecule has 0 unspecified atom stereocenters. The van der Waals surface area contributed by atoms with Gasteiger partial charge >= 0.3 is 0 Å². The summed E-state index contributed by atoms with van der Waals surface area (Å²) in [6.07, 6.45) is 8.77. The summed E-state index contributed by atoms with van der Waals surface area (Å²) in [5.41, 5.74) is 2.18. The van der Waals surface area contributed by atoms with Gasteiger partial charge in [0, 0.05) is 18.9 Å². The summed E-state index contributed by atoms with van der Waals surface area (Å²) in [4.78, 5) is 4.43. The average molecular weight is 260 g/mol. The van der Waals surface area contributed by atoms with E-state index in [1.807, 2.05) is 10.7 Å². The maximum absolute atomic E-state index is 4.57. The second kappa shape index (κ2) is 6.55. The van der Waals surface area contributed by atoms with Crippen LogP contribution in [0.5, 0.6) is 0 Å². The van der Waals surface area contributed by atoms with Crippen LogP contribution >= 0.6 is 0 Å². The van der Waals surface area contributed by atoms with Crippen LogP contribution in [0, 0.1) is 0 Å². The second-order valence-electron chi connectivity index (χ2n) is 5.32. The van der Waals surface area contributed by atoms with E-state index in [2.05, 4.69) is 42.2 Å². The van der Waals surface area contributed by atoms with Gasteiger partial charge in [-0.15, -0.1) is 0 Å². The summed E-state index contributed by atoms with van der Waals surface area (Å²) in [6, 6.07) is 2.13. The molecule has 19 heavy (non-hydrogen) atoms. The lowest BCUT2D eigenvalue weighted by atomic mass is 10.1. The van der Waals surface area contributed by atoms with Crippen LogP contribution in [0.1, 0.15) is 58.1 Å². The van der Waals surface area contributed by atoms with Crippen molar-refractivity contribution in [3.05, 3.63) is 24.2 Å². The Morgan fingerprint density at radius 3 is 2.84 bits per heavy atom. The summed E-state index contributed by atoms with van der Waals surface area (Å²) < 4.78 is 1.91. The van der Waals surface area contributed by atoms with Crippen molar-refractivity contribution in [1.82, 2.24) is 14.6 Å². The van der Waals surface area contributed by atoms with E-state index in [0.717, 1.165) is 23.6 Å². The van der Waals surface area contributed by atoms with Crippen LogP contribution in [0.25, 0.3) is 5.52 Å². The molecule has 0 bridgehead atoms. The van der Waals surface area contributed by atoms with E-state index in [0.29, 0.717) is 5.92 Å². The third kappa shape index (κ3) is 3.46. The first-order chi connectivity index (χ1) is 9.22. The Balaban J connectivity index is 2.05. The lowest BCUT2D eigenvalue weighted by molar-refractivity contribution is 0.684. The molecule has 4 nitrogen and oxygen atoms in total. The molecule has 0 saturated carbocycles. The fourth-order valence-corrected chi connectivity index (χ4v) is 2.12. The van der Waals surface area contributed by atoms with E-state index in [4.69, 9.17) is 0 Å². The zero-order valence-corrected chi connectivity index (χ0v) is 12.2. The minimum atomic E-state index is 0.442. The smallest absolute Gasteiger partial charge is 0.152 e. The van der Waals surface area contributed by atoms with Gasteiger partial charge in [0.05, 0.1) is 5.69 Å². The van der Waals surface area contributed by atoms with Gasteiger partial charge in [0.2, 0.25) is 0 Å². The minimum absolute atomic E-state index is 0.442. The van der Waals surface area contributed by atoms with E-state index < -0.39 is 0 Å². The number of aromatic nitrogens is 3. The van der Waals surface area contributed by atoms with E-state index in [9.17, 15) is 0 Å². The lowest BCUT2D eigenvalue weighted by Crippen LogP contribution is -2.05. The number of hydrogen-bond donors (Lipinski definition) is 1. The first kappa shape index (κ1) is 13.8. The first-order valence-corrected chi connectivity index (χ1v) is 7.30. The van der Waals surface area contributed by atoms with Gasteiger partial charge < -0.3 is 5.32 Å². The number of nitrogens with zero attached hydrogens (tertiary/aromatic N) is 3. The topological polar surface area (TPSA) is 42.2 Å². The zero-order valence-electron chi connectivity index (χ0n) is 12.2. The van der Waals surface area contributed by atoms with E-state index >= 15 is 0 Å². The molecule has 0 aliphatic carbocycles. The van der Waals surface area contributed by atoms with Crippen molar-refractivity contribution in [2.24, 2.45) is 0 Å². The number of anilines is 1. The number of unbranched alkanes of at least 4 members (excludes halogenated alkanes) is 3. The standard InChI is InChI=1S/C15H24N4/c1-4-5-6-7-8-16-15-14-11-13(12(2)3)18-19(14)10-9-17-15/h9-12H,4-8H2,1-3H3,(H,16,17). The molecule has 0 saturated heterocycles. The molecule has 0 fully saturated rings. The summed E-state index contributed by atoms with van der Waals surface area (Å²) in [5, 5.41) is 7.99. The molecule has 2 heterocycles. The number of hydrogen-bond acceptors (Lipinski definition) is 3. The Morgan fingerprint density at radius 2 is 2.11 bits per heavy atom. The molecule has 2 aromatic heterocycles. The van der Waals surface area contributed by atoms with Gasteiger partial charge in [-0.2, -0.15) is 5.10 Å². The fourth-order valence-electron chi connectivity index (χ4n) is 2.12. The fraction of sp³-hybridized carbons (Fsp3) is 0.600. The highest BCUT2D eigenvalue weighted by Crippen LogP contribution is 2.19. The quantitative estimate of drug-likeness (QED) is 0.769. The summed E-state index contributed by atoms with van der Waals surface area (Å²) >= 11 is 0. The zero-order chi connectivity index (χ0) is 13.7. The van der Waals surface area contributed by atoms with Crippen molar-refractivity contribution < 1.29 is 0 Å². The van der Waals surface area contributed by atoms with Gasteiger partial charge in [-0.25, -0.2) is 9.50 Å². The van der Waals surface area contributed by atoms with Crippen molar-refractivity contribution in [3.63, 3.8) is 0 Å². The molecule has 4 heteroatoms. The van der Waals surface area contributed by atoms with Crippen molar-refractivity contribution in [1.29, 1.82) is 0 Å². The maximum Gasteiger partial charge on any atom is 0.152 e. The van der Waals surface area contributed by atoms with Crippen LogP contribution in [0.3, 0.4) is 0 Å². The van der Waals surface area contributed by atoms with Gasteiger partial charge in [0.25, 0.3) is 0 Å². The molecule has 0 radical (unpaired) electrons. The predicted octanol–water partition coefficient (Wildman–Crippen LogP) is 3.84. The van der Waals surface area contributed by atoms with E-state index in [1.165, 1.54) is 25.7 Å². The van der Waals surface area contributed by atoms with E-state index in [1.54, 1.807) is 6.20 Å². The van der Waals surface area contributed by atoms with Crippen molar-refractivity contribution >= 4 is 11.3 Å². The molecule has 0 aliphatic heterocycles. The monoisotopic (exact) mass is 260 g/mol. The van der Waals surface area contributed by atoms with Gasteiger partial charge in [-0.3, -0.25) is 0 Å². The lowest BCUT2D eigenvalue weighted by Gasteiger charge is -2.06. The van der Waals surface area contributed by atoms with Gasteiger partial charge in [-0.05, 0) is 18.4 Å². The van der Waals surface area contributed by atoms with Crippen LogP contribution in [-0.2, 0) is 0 Å². The third-order valence-electron chi connectivity index (χ3n) is 3.32. The highest BCUT2D eigenvalue weighted by atomic mass is 15.2. The third-order valence-corrected chi connectivity index (χ3v) is 3.32. The second-order valence-corrected chi connectivity index (χ2v) is 5.32. The largest absolute Gasteiger partial charge is 0.368 e. The SMILES string of the molecule is CCCCCCNc1nccn2nc(C(C)C)cc12. The maximum atomic E-state index is 4.57. The van der Waals surface area contributed by atoms with Gasteiger partial charge in [0.1, 0.15) is 5.52 Å². The number of rotatable bonds is 7.